The second-order valence-electron chi connectivity index (χ2n) is 4.23. The van der Waals surface area contributed by atoms with Gasteiger partial charge in [-0.2, -0.15) is 0 Å². The number of hydrogen-bond acceptors (Lipinski definition) is 4. The van der Waals surface area contributed by atoms with E-state index in [0.29, 0.717) is 24.3 Å². The van der Waals surface area contributed by atoms with Crippen molar-refractivity contribution in [2.45, 2.75) is 33.7 Å². The molecule has 5 heteroatoms. The van der Waals surface area contributed by atoms with Gasteiger partial charge in [0.2, 0.25) is 5.88 Å². The SMILES string of the molecule is CCOc1ncnc(NC(CCl)C(C)C)c1C. The first-order valence-electron chi connectivity index (χ1n) is 5.87. The molecule has 0 saturated heterocycles. The summed E-state index contributed by atoms with van der Waals surface area (Å²) in [5, 5.41) is 3.33. The third kappa shape index (κ3) is 3.73. The molecule has 17 heavy (non-hydrogen) atoms. The number of nitrogens with one attached hydrogen (secondary N) is 1. The van der Waals surface area contributed by atoms with Gasteiger partial charge < -0.3 is 10.1 Å². The number of hydrogen-bond donors (Lipinski definition) is 1. The van der Waals surface area contributed by atoms with Gasteiger partial charge in [0.25, 0.3) is 0 Å². The Kier molecular flexibility index (Phi) is 5.48. The summed E-state index contributed by atoms with van der Waals surface area (Å²) >= 11 is 5.93. The van der Waals surface area contributed by atoms with Crippen LogP contribution >= 0.6 is 11.6 Å². The molecular weight excluding hydrogens is 238 g/mol. The Labute approximate surface area is 108 Å². The fraction of sp³-hybridized carbons (Fsp3) is 0.667. The zero-order valence-corrected chi connectivity index (χ0v) is 11.6. The molecule has 1 aromatic rings. The van der Waals surface area contributed by atoms with E-state index < -0.39 is 0 Å². The van der Waals surface area contributed by atoms with E-state index in [-0.39, 0.29) is 6.04 Å². The van der Waals surface area contributed by atoms with Crippen molar-refractivity contribution < 1.29 is 4.74 Å². The largest absolute Gasteiger partial charge is 0.478 e. The highest BCUT2D eigenvalue weighted by Crippen LogP contribution is 2.22. The summed E-state index contributed by atoms with van der Waals surface area (Å²) in [5.74, 6) is 2.41. The molecule has 4 nitrogen and oxygen atoms in total. The van der Waals surface area contributed by atoms with Crippen molar-refractivity contribution in [1.82, 2.24) is 9.97 Å². The van der Waals surface area contributed by atoms with E-state index >= 15 is 0 Å². The highest BCUT2D eigenvalue weighted by Gasteiger charge is 2.15. The number of halogens is 1. The minimum atomic E-state index is 0.194. The van der Waals surface area contributed by atoms with E-state index in [9.17, 15) is 0 Å². The third-order valence-electron chi connectivity index (χ3n) is 2.61. The van der Waals surface area contributed by atoms with Crippen LogP contribution in [0, 0.1) is 12.8 Å². The van der Waals surface area contributed by atoms with Crippen molar-refractivity contribution in [3.05, 3.63) is 11.9 Å². The molecule has 1 rings (SSSR count). The summed E-state index contributed by atoms with van der Waals surface area (Å²) in [6.45, 7) is 8.73. The highest BCUT2D eigenvalue weighted by molar-refractivity contribution is 6.18. The molecule has 0 saturated carbocycles. The quantitative estimate of drug-likeness (QED) is 0.796. The second-order valence-corrected chi connectivity index (χ2v) is 4.54. The van der Waals surface area contributed by atoms with Gasteiger partial charge in [0, 0.05) is 11.9 Å². The van der Waals surface area contributed by atoms with Crippen molar-refractivity contribution in [2.75, 3.05) is 17.8 Å². The predicted octanol–water partition coefficient (Wildman–Crippen LogP) is 2.86. The topological polar surface area (TPSA) is 47.0 Å². The molecule has 0 bridgehead atoms. The number of anilines is 1. The molecule has 0 aliphatic rings. The summed E-state index contributed by atoms with van der Waals surface area (Å²) in [6, 6.07) is 0.194. The molecule has 1 atom stereocenters. The first-order valence-corrected chi connectivity index (χ1v) is 6.40. The Balaban J connectivity index is 2.87. The lowest BCUT2D eigenvalue weighted by Gasteiger charge is -2.21. The van der Waals surface area contributed by atoms with Gasteiger partial charge in [0.15, 0.2) is 0 Å². The number of nitrogens with zero attached hydrogens (tertiary/aromatic N) is 2. The van der Waals surface area contributed by atoms with E-state index in [1.54, 1.807) is 0 Å². The molecule has 1 unspecified atom stereocenters. The van der Waals surface area contributed by atoms with Crippen molar-refractivity contribution in [2.24, 2.45) is 5.92 Å². The maximum absolute atomic E-state index is 5.93. The fourth-order valence-corrected chi connectivity index (χ4v) is 1.85. The van der Waals surface area contributed by atoms with Crippen LogP contribution in [0.5, 0.6) is 5.88 Å². The van der Waals surface area contributed by atoms with E-state index in [1.807, 2.05) is 13.8 Å². The van der Waals surface area contributed by atoms with Gasteiger partial charge >= 0.3 is 0 Å². The number of aromatic nitrogens is 2. The van der Waals surface area contributed by atoms with Crippen LogP contribution in [0.4, 0.5) is 5.82 Å². The van der Waals surface area contributed by atoms with Gasteiger partial charge in [-0.15, -0.1) is 11.6 Å². The van der Waals surface area contributed by atoms with Gasteiger partial charge in [-0.3, -0.25) is 0 Å². The Bertz CT molecular complexity index is 358. The van der Waals surface area contributed by atoms with Crippen LogP contribution in [-0.2, 0) is 0 Å². The molecule has 0 spiro atoms. The molecule has 0 aromatic carbocycles. The molecule has 1 heterocycles. The third-order valence-corrected chi connectivity index (χ3v) is 2.94. The summed E-state index contributed by atoms with van der Waals surface area (Å²) in [6.07, 6.45) is 1.51. The number of rotatable bonds is 6. The normalized spacial score (nSPS) is 12.6. The summed E-state index contributed by atoms with van der Waals surface area (Å²) in [7, 11) is 0. The maximum Gasteiger partial charge on any atom is 0.221 e. The average molecular weight is 258 g/mol. The fourth-order valence-electron chi connectivity index (χ4n) is 1.42. The van der Waals surface area contributed by atoms with Gasteiger partial charge in [0.1, 0.15) is 12.1 Å². The minimum Gasteiger partial charge on any atom is -0.478 e. The summed E-state index contributed by atoms with van der Waals surface area (Å²) < 4.78 is 5.43. The summed E-state index contributed by atoms with van der Waals surface area (Å²) in [5.41, 5.74) is 0.921. The van der Waals surface area contributed by atoms with Crippen LogP contribution < -0.4 is 10.1 Å². The van der Waals surface area contributed by atoms with Crippen LogP contribution in [0.3, 0.4) is 0 Å². The minimum absolute atomic E-state index is 0.194. The van der Waals surface area contributed by atoms with E-state index in [4.69, 9.17) is 16.3 Å². The van der Waals surface area contributed by atoms with Crippen LogP contribution in [0.15, 0.2) is 6.33 Å². The highest BCUT2D eigenvalue weighted by atomic mass is 35.5. The van der Waals surface area contributed by atoms with Gasteiger partial charge in [0.05, 0.1) is 12.2 Å². The molecule has 0 aliphatic heterocycles. The van der Waals surface area contributed by atoms with Gasteiger partial charge in [-0.05, 0) is 19.8 Å². The zero-order valence-electron chi connectivity index (χ0n) is 10.8. The van der Waals surface area contributed by atoms with Crippen molar-refractivity contribution in [3.8, 4) is 5.88 Å². The summed E-state index contributed by atoms with van der Waals surface area (Å²) in [4.78, 5) is 8.33. The lowest BCUT2D eigenvalue weighted by Crippen LogP contribution is -2.28. The maximum atomic E-state index is 5.93. The molecule has 0 amide bonds. The van der Waals surface area contributed by atoms with Crippen LogP contribution in [0.2, 0.25) is 0 Å². The molecular formula is C12H20ClN3O. The Morgan fingerprint density at radius 1 is 1.41 bits per heavy atom. The zero-order chi connectivity index (χ0) is 12.8. The second kappa shape index (κ2) is 6.64. The Morgan fingerprint density at radius 3 is 2.65 bits per heavy atom. The van der Waals surface area contributed by atoms with Crippen LogP contribution in [0.25, 0.3) is 0 Å². The standard InChI is InChI=1S/C12H20ClN3O/c1-5-17-12-9(4)11(14-7-15-12)16-10(6-13)8(2)3/h7-8,10H,5-6H2,1-4H3,(H,14,15,16). The monoisotopic (exact) mass is 257 g/mol. The molecule has 1 aromatic heterocycles. The van der Waals surface area contributed by atoms with Crippen molar-refractivity contribution in [3.63, 3.8) is 0 Å². The number of alkyl halides is 1. The lowest BCUT2D eigenvalue weighted by atomic mass is 10.1. The van der Waals surface area contributed by atoms with E-state index in [1.165, 1.54) is 6.33 Å². The smallest absolute Gasteiger partial charge is 0.221 e. The van der Waals surface area contributed by atoms with Crippen LogP contribution in [0.1, 0.15) is 26.3 Å². The average Bonchev–Trinajstić information content (AvgIpc) is 2.30. The van der Waals surface area contributed by atoms with Crippen molar-refractivity contribution in [1.29, 1.82) is 0 Å². The first kappa shape index (κ1) is 14.0. The molecule has 1 N–H and O–H groups in total. The lowest BCUT2D eigenvalue weighted by molar-refractivity contribution is 0.323. The molecule has 0 radical (unpaired) electrons. The molecule has 0 fully saturated rings. The van der Waals surface area contributed by atoms with Crippen LogP contribution in [-0.4, -0.2) is 28.5 Å². The first-order chi connectivity index (χ1) is 8.10. The van der Waals surface area contributed by atoms with Gasteiger partial charge in [-0.25, -0.2) is 9.97 Å². The number of ether oxygens (including phenoxy) is 1. The van der Waals surface area contributed by atoms with Gasteiger partial charge in [-0.1, -0.05) is 13.8 Å². The molecule has 96 valence electrons. The Morgan fingerprint density at radius 2 is 2.12 bits per heavy atom. The molecule has 0 aliphatic carbocycles. The van der Waals surface area contributed by atoms with E-state index in [2.05, 4.69) is 29.1 Å². The van der Waals surface area contributed by atoms with Crippen molar-refractivity contribution >= 4 is 17.4 Å². The predicted molar refractivity (Wildman–Crippen MR) is 70.9 cm³/mol. The Hall–Kier alpha value is -1.03. The van der Waals surface area contributed by atoms with E-state index in [0.717, 1.165) is 11.4 Å².